The van der Waals surface area contributed by atoms with Gasteiger partial charge in [-0.15, -0.1) is 0 Å². The number of hydrogen-bond donors (Lipinski definition) is 2. The normalized spacial score (nSPS) is 10.4. The monoisotopic (exact) mass is 329 g/mol. The fourth-order valence-corrected chi connectivity index (χ4v) is 2.28. The highest BCUT2D eigenvalue weighted by Crippen LogP contribution is 2.33. The molecule has 0 spiro atoms. The van der Waals surface area contributed by atoms with Gasteiger partial charge in [-0.3, -0.25) is 4.79 Å². The fraction of sp³-hybridized carbons (Fsp3) is 0.0714. The molecule has 0 aliphatic rings. The molecule has 20 heavy (non-hydrogen) atoms. The Labute approximate surface area is 131 Å². The summed E-state index contributed by atoms with van der Waals surface area (Å²) in [6.45, 7) is 1.80. The van der Waals surface area contributed by atoms with Crippen molar-refractivity contribution < 1.29 is 9.90 Å². The van der Waals surface area contributed by atoms with Crippen molar-refractivity contribution in [2.45, 2.75) is 6.92 Å². The molecule has 0 aliphatic heterocycles. The molecule has 0 aromatic heterocycles. The van der Waals surface area contributed by atoms with Gasteiger partial charge in [0.05, 0.1) is 21.3 Å². The number of benzene rings is 2. The van der Waals surface area contributed by atoms with Crippen LogP contribution in [0.3, 0.4) is 0 Å². The predicted molar refractivity (Wildman–Crippen MR) is 82.3 cm³/mol. The van der Waals surface area contributed by atoms with Crippen molar-refractivity contribution in [3.05, 3.63) is 56.5 Å². The van der Waals surface area contributed by atoms with Crippen LogP contribution >= 0.6 is 34.8 Å². The molecule has 0 fully saturated rings. The third-order valence-corrected chi connectivity index (χ3v) is 3.76. The standard InChI is InChI=1S/C14H10Cl3NO2/c1-7-2-5-10(16)13(12(7)17)18-14(20)9-4-3-8(15)6-11(9)19/h2-6,19H,1H3,(H,18,20). The van der Waals surface area contributed by atoms with Crippen molar-refractivity contribution in [1.82, 2.24) is 0 Å². The van der Waals surface area contributed by atoms with Crippen LogP contribution in [0.4, 0.5) is 5.69 Å². The van der Waals surface area contributed by atoms with Crippen LogP contribution in [-0.2, 0) is 0 Å². The number of phenolic OH excluding ortho intramolecular Hbond substituents is 1. The Hall–Kier alpha value is -1.42. The van der Waals surface area contributed by atoms with Crippen LogP contribution in [0, 0.1) is 6.92 Å². The maximum Gasteiger partial charge on any atom is 0.259 e. The zero-order valence-electron chi connectivity index (χ0n) is 10.4. The van der Waals surface area contributed by atoms with Crippen molar-refractivity contribution in [1.29, 1.82) is 0 Å². The van der Waals surface area contributed by atoms with Crippen molar-refractivity contribution >= 4 is 46.4 Å². The number of aryl methyl sites for hydroxylation is 1. The molecule has 0 atom stereocenters. The molecule has 0 heterocycles. The van der Waals surface area contributed by atoms with Gasteiger partial charge in [-0.25, -0.2) is 0 Å². The van der Waals surface area contributed by atoms with Crippen LogP contribution in [0.1, 0.15) is 15.9 Å². The van der Waals surface area contributed by atoms with Gasteiger partial charge in [0.25, 0.3) is 5.91 Å². The number of aromatic hydroxyl groups is 1. The maximum absolute atomic E-state index is 12.1. The Balaban J connectivity index is 2.35. The second-order valence-electron chi connectivity index (χ2n) is 4.17. The van der Waals surface area contributed by atoms with E-state index in [0.717, 1.165) is 5.56 Å². The maximum atomic E-state index is 12.1. The summed E-state index contributed by atoms with van der Waals surface area (Å²) >= 11 is 17.8. The molecule has 1 amide bonds. The minimum Gasteiger partial charge on any atom is -0.507 e. The highest BCUT2D eigenvalue weighted by molar-refractivity contribution is 6.40. The fourth-order valence-electron chi connectivity index (χ4n) is 1.65. The summed E-state index contributed by atoms with van der Waals surface area (Å²) in [5, 5.41) is 13.3. The molecule has 2 rings (SSSR count). The minimum absolute atomic E-state index is 0.0861. The van der Waals surface area contributed by atoms with E-state index in [1.54, 1.807) is 19.1 Å². The van der Waals surface area contributed by atoms with Gasteiger partial charge < -0.3 is 10.4 Å². The summed E-state index contributed by atoms with van der Waals surface area (Å²) in [6, 6.07) is 7.61. The SMILES string of the molecule is Cc1ccc(Cl)c(NC(=O)c2ccc(Cl)cc2O)c1Cl. The predicted octanol–water partition coefficient (Wildman–Crippen LogP) is 4.91. The molecule has 0 unspecified atom stereocenters. The molecule has 6 heteroatoms. The lowest BCUT2D eigenvalue weighted by Crippen LogP contribution is -2.13. The van der Waals surface area contributed by atoms with Gasteiger partial charge in [0.2, 0.25) is 0 Å². The van der Waals surface area contributed by atoms with Crippen LogP contribution in [0.15, 0.2) is 30.3 Å². The first kappa shape index (κ1) is 15.0. The number of carbonyl (C=O) groups excluding carboxylic acids is 1. The quantitative estimate of drug-likeness (QED) is 0.821. The van der Waals surface area contributed by atoms with Crippen LogP contribution in [0.25, 0.3) is 0 Å². The zero-order valence-corrected chi connectivity index (χ0v) is 12.6. The summed E-state index contributed by atoms with van der Waals surface area (Å²) in [7, 11) is 0. The Kier molecular flexibility index (Phi) is 4.43. The van der Waals surface area contributed by atoms with E-state index in [1.807, 2.05) is 0 Å². The average molecular weight is 331 g/mol. The summed E-state index contributed by atoms with van der Waals surface area (Å²) < 4.78 is 0. The van der Waals surface area contributed by atoms with Gasteiger partial charge in [0.15, 0.2) is 0 Å². The summed E-state index contributed by atoms with van der Waals surface area (Å²) in [5.74, 6) is -0.733. The van der Waals surface area contributed by atoms with Crippen molar-refractivity contribution in [3.63, 3.8) is 0 Å². The minimum atomic E-state index is -0.520. The van der Waals surface area contributed by atoms with Gasteiger partial charge >= 0.3 is 0 Å². The van der Waals surface area contributed by atoms with Gasteiger partial charge in [-0.2, -0.15) is 0 Å². The number of anilines is 1. The van der Waals surface area contributed by atoms with Gasteiger partial charge in [0.1, 0.15) is 5.75 Å². The van der Waals surface area contributed by atoms with E-state index >= 15 is 0 Å². The van der Waals surface area contributed by atoms with E-state index in [-0.39, 0.29) is 11.3 Å². The molecular weight excluding hydrogens is 321 g/mol. The second kappa shape index (κ2) is 5.92. The lowest BCUT2D eigenvalue weighted by atomic mass is 10.1. The highest BCUT2D eigenvalue weighted by Gasteiger charge is 2.16. The first-order valence-electron chi connectivity index (χ1n) is 5.64. The lowest BCUT2D eigenvalue weighted by Gasteiger charge is -2.12. The molecule has 0 bridgehead atoms. The van der Waals surface area contributed by atoms with Gasteiger partial charge in [0, 0.05) is 5.02 Å². The third-order valence-electron chi connectivity index (χ3n) is 2.73. The average Bonchev–Trinajstić information content (AvgIpc) is 2.39. The second-order valence-corrected chi connectivity index (χ2v) is 5.39. The first-order valence-corrected chi connectivity index (χ1v) is 6.78. The Bertz CT molecular complexity index is 686. The zero-order chi connectivity index (χ0) is 14.9. The summed E-state index contributed by atoms with van der Waals surface area (Å²) in [6.07, 6.45) is 0. The van der Waals surface area contributed by atoms with E-state index in [4.69, 9.17) is 34.8 Å². The number of phenols is 1. The lowest BCUT2D eigenvalue weighted by molar-refractivity contribution is 0.102. The van der Waals surface area contributed by atoms with Crippen molar-refractivity contribution in [3.8, 4) is 5.75 Å². The van der Waals surface area contributed by atoms with E-state index in [1.165, 1.54) is 18.2 Å². The molecule has 2 aromatic carbocycles. The third kappa shape index (κ3) is 3.01. The number of hydrogen-bond acceptors (Lipinski definition) is 2. The Morgan fingerprint density at radius 2 is 1.85 bits per heavy atom. The number of halogens is 3. The highest BCUT2D eigenvalue weighted by atomic mass is 35.5. The Morgan fingerprint density at radius 3 is 2.50 bits per heavy atom. The number of nitrogens with one attached hydrogen (secondary N) is 1. The molecule has 3 nitrogen and oxygen atoms in total. The van der Waals surface area contributed by atoms with Crippen LogP contribution in [0.2, 0.25) is 15.1 Å². The molecule has 0 radical (unpaired) electrons. The Morgan fingerprint density at radius 1 is 1.15 bits per heavy atom. The largest absolute Gasteiger partial charge is 0.507 e. The summed E-state index contributed by atoms with van der Waals surface area (Å²) in [4.78, 5) is 12.1. The van der Waals surface area contributed by atoms with E-state index in [2.05, 4.69) is 5.32 Å². The van der Waals surface area contributed by atoms with E-state index in [0.29, 0.717) is 20.8 Å². The van der Waals surface area contributed by atoms with Crippen LogP contribution < -0.4 is 5.32 Å². The van der Waals surface area contributed by atoms with Gasteiger partial charge in [-0.05, 0) is 36.8 Å². The van der Waals surface area contributed by atoms with Crippen LogP contribution in [-0.4, -0.2) is 11.0 Å². The molecule has 0 aliphatic carbocycles. The van der Waals surface area contributed by atoms with Gasteiger partial charge in [-0.1, -0.05) is 40.9 Å². The molecule has 104 valence electrons. The topological polar surface area (TPSA) is 49.3 Å². The number of amides is 1. The van der Waals surface area contributed by atoms with Crippen molar-refractivity contribution in [2.75, 3.05) is 5.32 Å². The smallest absolute Gasteiger partial charge is 0.259 e. The van der Waals surface area contributed by atoms with Crippen molar-refractivity contribution in [2.24, 2.45) is 0 Å². The van der Waals surface area contributed by atoms with E-state index in [9.17, 15) is 9.90 Å². The number of rotatable bonds is 2. The molecule has 2 aromatic rings. The first-order chi connectivity index (χ1) is 9.40. The van der Waals surface area contributed by atoms with Crippen LogP contribution in [0.5, 0.6) is 5.75 Å². The number of carbonyl (C=O) groups is 1. The molecule has 2 N–H and O–H groups in total. The van der Waals surface area contributed by atoms with E-state index < -0.39 is 5.91 Å². The summed E-state index contributed by atoms with van der Waals surface area (Å²) in [5.41, 5.74) is 1.18. The molecule has 0 saturated carbocycles. The molecular formula is C14H10Cl3NO2. The molecule has 0 saturated heterocycles.